The van der Waals surface area contributed by atoms with Crippen LogP contribution >= 0.6 is 11.6 Å². The summed E-state index contributed by atoms with van der Waals surface area (Å²) in [5.41, 5.74) is 3.34. The SMILES string of the molecule is Cc1cccc(NS(=O)(=O)c2ccc(C(=O)Nc3ccc(Cl)cc3)cc2)c1C. The molecule has 0 saturated carbocycles. The summed E-state index contributed by atoms with van der Waals surface area (Å²) in [4.78, 5) is 12.4. The Kier molecular flexibility index (Phi) is 5.72. The van der Waals surface area contributed by atoms with Crippen LogP contribution in [-0.2, 0) is 10.0 Å². The van der Waals surface area contributed by atoms with Crippen LogP contribution in [0, 0.1) is 13.8 Å². The zero-order chi connectivity index (χ0) is 20.3. The van der Waals surface area contributed by atoms with Crippen molar-refractivity contribution in [2.45, 2.75) is 18.7 Å². The molecule has 3 rings (SSSR count). The lowest BCUT2D eigenvalue weighted by Crippen LogP contribution is -2.15. The molecule has 0 radical (unpaired) electrons. The molecule has 0 aliphatic rings. The fourth-order valence-electron chi connectivity index (χ4n) is 2.59. The molecule has 0 unspecified atom stereocenters. The summed E-state index contributed by atoms with van der Waals surface area (Å²) < 4.78 is 27.9. The van der Waals surface area contributed by atoms with Gasteiger partial charge in [0, 0.05) is 16.3 Å². The van der Waals surface area contributed by atoms with E-state index >= 15 is 0 Å². The Morgan fingerprint density at radius 3 is 2.18 bits per heavy atom. The van der Waals surface area contributed by atoms with Crippen LogP contribution in [0.2, 0.25) is 5.02 Å². The molecular formula is C21H19ClN2O3S. The Morgan fingerprint density at radius 1 is 0.893 bits per heavy atom. The molecule has 0 atom stereocenters. The summed E-state index contributed by atoms with van der Waals surface area (Å²) in [6.45, 7) is 3.78. The van der Waals surface area contributed by atoms with E-state index in [-0.39, 0.29) is 10.8 Å². The standard InChI is InChI=1S/C21H19ClN2O3S/c1-14-4-3-5-20(15(14)2)24-28(26,27)19-12-6-16(7-13-19)21(25)23-18-10-8-17(22)9-11-18/h3-13,24H,1-2H3,(H,23,25). The average Bonchev–Trinajstić information content (AvgIpc) is 2.67. The first kappa shape index (κ1) is 19.9. The van der Waals surface area contributed by atoms with Crippen molar-refractivity contribution < 1.29 is 13.2 Å². The van der Waals surface area contributed by atoms with Crippen molar-refractivity contribution in [3.05, 3.63) is 88.4 Å². The van der Waals surface area contributed by atoms with Gasteiger partial charge in [0.05, 0.1) is 10.6 Å². The zero-order valence-electron chi connectivity index (χ0n) is 15.4. The minimum atomic E-state index is -3.76. The normalized spacial score (nSPS) is 11.1. The maximum atomic E-state index is 12.6. The van der Waals surface area contributed by atoms with Crippen molar-refractivity contribution in [1.29, 1.82) is 0 Å². The highest BCUT2D eigenvalue weighted by atomic mass is 35.5. The number of rotatable bonds is 5. The Bertz CT molecular complexity index is 1110. The van der Waals surface area contributed by atoms with Crippen molar-refractivity contribution in [3.63, 3.8) is 0 Å². The van der Waals surface area contributed by atoms with Crippen LogP contribution in [0.1, 0.15) is 21.5 Å². The molecule has 0 aliphatic heterocycles. The fourth-order valence-corrected chi connectivity index (χ4v) is 3.84. The maximum absolute atomic E-state index is 12.6. The van der Waals surface area contributed by atoms with Gasteiger partial charge in [0.1, 0.15) is 0 Å². The Morgan fingerprint density at radius 2 is 1.54 bits per heavy atom. The van der Waals surface area contributed by atoms with Gasteiger partial charge in [-0.25, -0.2) is 8.42 Å². The summed E-state index contributed by atoms with van der Waals surface area (Å²) in [6.07, 6.45) is 0. The minimum absolute atomic E-state index is 0.0800. The Hall–Kier alpha value is -2.83. The molecule has 28 heavy (non-hydrogen) atoms. The van der Waals surface area contributed by atoms with Crippen LogP contribution in [0.4, 0.5) is 11.4 Å². The lowest BCUT2D eigenvalue weighted by Gasteiger charge is -2.12. The highest BCUT2D eigenvalue weighted by Gasteiger charge is 2.16. The molecule has 3 aromatic rings. The zero-order valence-corrected chi connectivity index (χ0v) is 16.9. The molecule has 0 aromatic heterocycles. The molecule has 7 heteroatoms. The minimum Gasteiger partial charge on any atom is -0.322 e. The third-order valence-corrected chi connectivity index (χ3v) is 6.01. The molecule has 0 aliphatic carbocycles. The van der Waals surface area contributed by atoms with Crippen LogP contribution in [-0.4, -0.2) is 14.3 Å². The first-order valence-electron chi connectivity index (χ1n) is 8.52. The predicted octanol–water partition coefficient (Wildman–Crippen LogP) is 5.01. The lowest BCUT2D eigenvalue weighted by molar-refractivity contribution is 0.102. The fraction of sp³-hybridized carbons (Fsp3) is 0.0952. The van der Waals surface area contributed by atoms with E-state index in [1.165, 1.54) is 24.3 Å². The van der Waals surface area contributed by atoms with Crippen molar-refractivity contribution in [2.24, 2.45) is 0 Å². The Labute approximate surface area is 169 Å². The molecular weight excluding hydrogens is 396 g/mol. The van der Waals surface area contributed by atoms with Gasteiger partial charge < -0.3 is 5.32 Å². The van der Waals surface area contributed by atoms with E-state index < -0.39 is 10.0 Å². The second-order valence-corrected chi connectivity index (χ2v) is 8.46. The van der Waals surface area contributed by atoms with E-state index in [4.69, 9.17) is 11.6 Å². The third kappa shape index (κ3) is 4.52. The van der Waals surface area contributed by atoms with E-state index in [0.717, 1.165) is 11.1 Å². The number of hydrogen-bond donors (Lipinski definition) is 2. The summed E-state index contributed by atoms with van der Waals surface area (Å²) in [5.74, 6) is -0.339. The highest BCUT2D eigenvalue weighted by molar-refractivity contribution is 7.92. The quantitative estimate of drug-likeness (QED) is 0.616. The molecule has 0 saturated heterocycles. The topological polar surface area (TPSA) is 75.3 Å². The lowest BCUT2D eigenvalue weighted by atomic mass is 10.1. The van der Waals surface area contributed by atoms with Crippen LogP contribution < -0.4 is 10.0 Å². The van der Waals surface area contributed by atoms with Gasteiger partial charge in [0.25, 0.3) is 15.9 Å². The van der Waals surface area contributed by atoms with Gasteiger partial charge in [0.15, 0.2) is 0 Å². The monoisotopic (exact) mass is 414 g/mol. The highest BCUT2D eigenvalue weighted by Crippen LogP contribution is 2.22. The first-order chi connectivity index (χ1) is 13.3. The molecule has 0 bridgehead atoms. The van der Waals surface area contributed by atoms with E-state index in [0.29, 0.717) is 22.0 Å². The largest absolute Gasteiger partial charge is 0.322 e. The average molecular weight is 415 g/mol. The predicted molar refractivity (Wildman–Crippen MR) is 113 cm³/mol. The smallest absolute Gasteiger partial charge is 0.261 e. The van der Waals surface area contributed by atoms with Crippen LogP contribution in [0.15, 0.2) is 71.6 Å². The van der Waals surface area contributed by atoms with Crippen LogP contribution in [0.3, 0.4) is 0 Å². The molecule has 3 aromatic carbocycles. The van der Waals surface area contributed by atoms with Gasteiger partial charge in [-0.15, -0.1) is 0 Å². The number of sulfonamides is 1. The number of amides is 1. The number of aryl methyl sites for hydroxylation is 1. The van der Waals surface area contributed by atoms with Crippen molar-refractivity contribution in [2.75, 3.05) is 10.0 Å². The second-order valence-electron chi connectivity index (χ2n) is 6.34. The summed E-state index contributed by atoms with van der Waals surface area (Å²) in [6, 6.07) is 17.9. The number of anilines is 2. The number of benzene rings is 3. The van der Waals surface area contributed by atoms with E-state index in [1.54, 1.807) is 36.4 Å². The van der Waals surface area contributed by atoms with E-state index in [2.05, 4.69) is 10.0 Å². The van der Waals surface area contributed by atoms with Gasteiger partial charge in [-0.1, -0.05) is 23.7 Å². The van der Waals surface area contributed by atoms with Crippen molar-refractivity contribution in [3.8, 4) is 0 Å². The number of hydrogen-bond acceptors (Lipinski definition) is 3. The summed E-state index contributed by atoms with van der Waals surface area (Å²) in [5, 5.41) is 3.31. The maximum Gasteiger partial charge on any atom is 0.261 e. The van der Waals surface area contributed by atoms with Gasteiger partial charge in [0.2, 0.25) is 0 Å². The van der Waals surface area contributed by atoms with Gasteiger partial charge >= 0.3 is 0 Å². The summed E-state index contributed by atoms with van der Waals surface area (Å²) in [7, 11) is -3.76. The molecule has 0 spiro atoms. The first-order valence-corrected chi connectivity index (χ1v) is 10.4. The summed E-state index contributed by atoms with van der Waals surface area (Å²) >= 11 is 5.83. The van der Waals surface area contributed by atoms with E-state index in [1.807, 2.05) is 19.9 Å². The van der Waals surface area contributed by atoms with Gasteiger partial charge in [-0.05, 0) is 79.6 Å². The molecule has 2 N–H and O–H groups in total. The number of carbonyl (C=O) groups excluding carboxylic acids is 1. The molecule has 1 amide bonds. The molecule has 144 valence electrons. The van der Waals surface area contributed by atoms with Crippen molar-refractivity contribution in [1.82, 2.24) is 0 Å². The third-order valence-electron chi connectivity index (χ3n) is 4.38. The molecule has 0 fully saturated rings. The molecule has 5 nitrogen and oxygen atoms in total. The number of halogens is 1. The van der Waals surface area contributed by atoms with Crippen LogP contribution in [0.25, 0.3) is 0 Å². The van der Waals surface area contributed by atoms with Crippen molar-refractivity contribution >= 4 is 38.9 Å². The number of nitrogens with one attached hydrogen (secondary N) is 2. The van der Waals surface area contributed by atoms with E-state index in [9.17, 15) is 13.2 Å². The second kappa shape index (κ2) is 8.04. The Balaban J connectivity index is 1.76. The van der Waals surface area contributed by atoms with Gasteiger partial charge in [-0.2, -0.15) is 0 Å². The molecule has 0 heterocycles. The number of carbonyl (C=O) groups is 1. The van der Waals surface area contributed by atoms with Gasteiger partial charge in [-0.3, -0.25) is 9.52 Å². The van der Waals surface area contributed by atoms with Crippen LogP contribution in [0.5, 0.6) is 0 Å².